The minimum absolute atomic E-state index is 0.220. The molecule has 2 aromatic rings. The van der Waals surface area contributed by atoms with Crippen LogP contribution in [0.4, 0.5) is 24.7 Å². The summed E-state index contributed by atoms with van der Waals surface area (Å²) < 4.78 is 50.9. The Hall–Kier alpha value is -3.18. The summed E-state index contributed by atoms with van der Waals surface area (Å²) in [5.41, 5.74) is 0.125. The molecule has 2 aliphatic rings. The molecule has 0 amide bonds. The number of allylic oxidation sites excluding steroid dienone is 1. The van der Waals surface area contributed by atoms with E-state index in [0.717, 1.165) is 5.56 Å². The average molecular weight is 541 g/mol. The van der Waals surface area contributed by atoms with E-state index in [0.29, 0.717) is 17.9 Å². The van der Waals surface area contributed by atoms with E-state index < -0.39 is 30.1 Å². The SMILES string of the molecule is CC(C)CCn1c(=O)c2c(n(C)c1=O)NC(OC1C=C(OC(F)(F)F)C=CC1)N2Cc1ccc(Cl)cc1. The summed E-state index contributed by atoms with van der Waals surface area (Å²) in [6.07, 6.45) is -1.63. The van der Waals surface area contributed by atoms with E-state index in [1.165, 1.54) is 27.4 Å². The minimum Gasteiger partial charge on any atom is -0.406 e. The van der Waals surface area contributed by atoms with Gasteiger partial charge in [0, 0.05) is 25.2 Å². The highest BCUT2D eigenvalue weighted by molar-refractivity contribution is 6.30. The van der Waals surface area contributed by atoms with Gasteiger partial charge >= 0.3 is 12.1 Å². The molecule has 1 aliphatic heterocycles. The Balaban J connectivity index is 1.70. The van der Waals surface area contributed by atoms with E-state index in [9.17, 15) is 22.8 Å². The molecule has 1 aliphatic carbocycles. The third-order valence-electron chi connectivity index (χ3n) is 6.09. The van der Waals surface area contributed by atoms with Gasteiger partial charge in [-0.25, -0.2) is 4.79 Å². The van der Waals surface area contributed by atoms with Gasteiger partial charge in [-0.15, -0.1) is 13.2 Å². The fourth-order valence-electron chi connectivity index (χ4n) is 4.22. The topological polar surface area (TPSA) is 77.7 Å². The largest absolute Gasteiger partial charge is 0.573 e. The molecule has 0 spiro atoms. The van der Waals surface area contributed by atoms with Crippen LogP contribution in [0, 0.1) is 5.92 Å². The lowest BCUT2D eigenvalue weighted by Gasteiger charge is -2.29. The van der Waals surface area contributed by atoms with Crippen molar-refractivity contribution in [2.24, 2.45) is 13.0 Å². The van der Waals surface area contributed by atoms with Crippen molar-refractivity contribution in [3.8, 4) is 0 Å². The lowest BCUT2D eigenvalue weighted by atomic mass is 10.1. The maximum absolute atomic E-state index is 13.6. The van der Waals surface area contributed by atoms with Crippen LogP contribution in [0.25, 0.3) is 0 Å². The predicted octanol–water partition coefficient (Wildman–Crippen LogP) is 4.73. The van der Waals surface area contributed by atoms with Crippen LogP contribution in [0.5, 0.6) is 0 Å². The highest BCUT2D eigenvalue weighted by Crippen LogP contribution is 2.34. The van der Waals surface area contributed by atoms with Crippen molar-refractivity contribution in [3.63, 3.8) is 0 Å². The minimum atomic E-state index is -4.83. The van der Waals surface area contributed by atoms with E-state index in [1.807, 2.05) is 13.8 Å². The summed E-state index contributed by atoms with van der Waals surface area (Å²) >= 11 is 6.02. The molecule has 12 heteroatoms. The number of ether oxygens (including phenoxy) is 2. The standard InChI is InChI=1S/C25H28ClF3N4O4/c1-15(2)11-12-32-22(34)20-21(31(3)24(32)35)30-23(33(20)14-16-7-9-17(26)10-8-16)36-18-5-4-6-19(13-18)37-25(27,28)29/h4,6-10,13,15,18,23,30H,5,11-12,14H2,1-3H3. The molecule has 1 aromatic carbocycles. The van der Waals surface area contributed by atoms with Gasteiger partial charge in [0.2, 0.25) is 6.35 Å². The summed E-state index contributed by atoms with van der Waals surface area (Å²) in [5.74, 6) is 0.173. The third kappa shape index (κ3) is 6.22. The maximum atomic E-state index is 13.6. The fraction of sp³-hybridized carbons (Fsp3) is 0.440. The van der Waals surface area contributed by atoms with E-state index in [1.54, 1.807) is 36.2 Å². The number of rotatable bonds is 8. The number of alkyl halides is 3. The van der Waals surface area contributed by atoms with Gasteiger partial charge < -0.3 is 19.7 Å². The van der Waals surface area contributed by atoms with E-state index in [4.69, 9.17) is 16.3 Å². The number of hydrogen-bond acceptors (Lipinski definition) is 6. The molecule has 200 valence electrons. The van der Waals surface area contributed by atoms with E-state index >= 15 is 0 Å². The number of aromatic nitrogens is 2. The van der Waals surface area contributed by atoms with E-state index in [2.05, 4.69) is 10.1 Å². The molecule has 2 heterocycles. The molecule has 0 saturated carbocycles. The first-order valence-corrected chi connectivity index (χ1v) is 12.2. The molecule has 4 rings (SSSR count). The lowest BCUT2D eigenvalue weighted by Crippen LogP contribution is -2.43. The van der Waals surface area contributed by atoms with Gasteiger partial charge in [-0.05, 0) is 48.6 Å². The quantitative estimate of drug-likeness (QED) is 0.522. The second kappa shape index (κ2) is 10.7. The number of nitrogens with one attached hydrogen (secondary N) is 1. The Kier molecular flexibility index (Phi) is 7.75. The maximum Gasteiger partial charge on any atom is 0.573 e. The van der Waals surface area contributed by atoms with Gasteiger partial charge in [0.05, 0.1) is 6.10 Å². The number of anilines is 2. The summed E-state index contributed by atoms with van der Waals surface area (Å²) in [5, 5.41) is 3.63. The molecule has 8 nitrogen and oxygen atoms in total. The molecular formula is C25H28ClF3N4O4. The Labute approximate surface area is 216 Å². The first-order valence-electron chi connectivity index (χ1n) is 11.8. The summed E-state index contributed by atoms with van der Waals surface area (Å²) in [7, 11) is 1.56. The molecule has 37 heavy (non-hydrogen) atoms. The molecule has 1 aromatic heterocycles. The van der Waals surface area contributed by atoms with Crippen LogP contribution in [-0.4, -0.2) is 28.0 Å². The molecular weight excluding hydrogens is 513 g/mol. The number of fused-ring (bicyclic) bond motifs is 1. The van der Waals surface area contributed by atoms with Crippen molar-refractivity contribution in [2.45, 2.75) is 58.6 Å². The number of benzene rings is 1. The highest BCUT2D eigenvalue weighted by atomic mass is 35.5. The molecule has 1 N–H and O–H groups in total. The van der Waals surface area contributed by atoms with Crippen molar-refractivity contribution in [3.05, 3.63) is 79.7 Å². The molecule has 0 fully saturated rings. The Bertz CT molecular complexity index is 1320. The zero-order valence-corrected chi connectivity index (χ0v) is 21.3. The summed E-state index contributed by atoms with van der Waals surface area (Å²) in [6.45, 7) is 4.48. The Morgan fingerprint density at radius 2 is 1.89 bits per heavy atom. The van der Waals surface area contributed by atoms with Crippen molar-refractivity contribution in [1.29, 1.82) is 0 Å². The summed E-state index contributed by atoms with van der Waals surface area (Å²) in [4.78, 5) is 28.2. The van der Waals surface area contributed by atoms with Gasteiger partial charge in [-0.1, -0.05) is 43.7 Å². The van der Waals surface area contributed by atoms with E-state index in [-0.39, 0.29) is 36.3 Å². The van der Waals surface area contributed by atoms with Gasteiger partial charge in [-0.2, -0.15) is 0 Å². The molecule has 0 bridgehead atoms. The van der Waals surface area contributed by atoms with Crippen molar-refractivity contribution in [2.75, 3.05) is 10.2 Å². The molecule has 0 radical (unpaired) electrons. The molecule has 2 unspecified atom stereocenters. The lowest BCUT2D eigenvalue weighted by molar-refractivity contribution is -0.303. The van der Waals surface area contributed by atoms with Crippen molar-refractivity contribution >= 4 is 23.1 Å². The van der Waals surface area contributed by atoms with Crippen LogP contribution in [0.2, 0.25) is 5.02 Å². The van der Waals surface area contributed by atoms with Gasteiger partial charge in [0.1, 0.15) is 17.3 Å². The third-order valence-corrected chi connectivity index (χ3v) is 6.34. The Morgan fingerprint density at radius 3 is 2.54 bits per heavy atom. The van der Waals surface area contributed by atoms with Crippen LogP contribution in [0.1, 0.15) is 32.3 Å². The number of hydrogen-bond donors (Lipinski definition) is 1. The molecule has 2 atom stereocenters. The van der Waals surface area contributed by atoms with Crippen LogP contribution >= 0.6 is 11.6 Å². The first kappa shape index (κ1) is 26.9. The molecule has 0 saturated heterocycles. The van der Waals surface area contributed by atoms with Crippen LogP contribution in [-0.2, 0) is 29.6 Å². The smallest absolute Gasteiger partial charge is 0.406 e. The van der Waals surface area contributed by atoms with Crippen LogP contribution < -0.4 is 21.5 Å². The average Bonchev–Trinajstić information content (AvgIpc) is 3.16. The van der Waals surface area contributed by atoms with Crippen molar-refractivity contribution in [1.82, 2.24) is 9.13 Å². The Morgan fingerprint density at radius 1 is 1.19 bits per heavy atom. The normalized spacial score (nSPS) is 19.1. The monoisotopic (exact) mass is 540 g/mol. The van der Waals surface area contributed by atoms with Gasteiger partial charge in [0.15, 0.2) is 0 Å². The second-order valence-corrected chi connectivity index (χ2v) is 9.80. The van der Waals surface area contributed by atoms with Gasteiger partial charge in [0.25, 0.3) is 5.56 Å². The predicted molar refractivity (Wildman–Crippen MR) is 134 cm³/mol. The second-order valence-electron chi connectivity index (χ2n) is 9.36. The highest BCUT2D eigenvalue weighted by Gasteiger charge is 2.38. The van der Waals surface area contributed by atoms with Crippen molar-refractivity contribution < 1.29 is 22.6 Å². The zero-order chi connectivity index (χ0) is 26.9. The van der Waals surface area contributed by atoms with Crippen LogP contribution in [0.3, 0.4) is 0 Å². The van der Waals surface area contributed by atoms with Crippen LogP contribution in [0.15, 0.2) is 57.8 Å². The number of nitrogens with zero attached hydrogens (tertiary/aromatic N) is 3. The number of halogens is 4. The first-order chi connectivity index (χ1) is 17.4. The fourth-order valence-corrected chi connectivity index (χ4v) is 4.34. The zero-order valence-electron chi connectivity index (χ0n) is 20.6. The van der Waals surface area contributed by atoms with Gasteiger partial charge in [-0.3, -0.25) is 13.9 Å². The summed E-state index contributed by atoms with van der Waals surface area (Å²) in [6, 6.07) is 7.03.